The van der Waals surface area contributed by atoms with E-state index in [0.717, 1.165) is 30.5 Å². The highest BCUT2D eigenvalue weighted by Crippen LogP contribution is 2.19. The maximum Gasteiger partial charge on any atom is 0.0590 e. The van der Waals surface area contributed by atoms with Crippen LogP contribution >= 0.6 is 15.9 Å². The van der Waals surface area contributed by atoms with Gasteiger partial charge in [-0.3, -0.25) is 4.98 Å². The van der Waals surface area contributed by atoms with Gasteiger partial charge in [0.05, 0.1) is 6.10 Å². The lowest BCUT2D eigenvalue weighted by molar-refractivity contribution is 0.00535. The highest BCUT2D eigenvalue weighted by molar-refractivity contribution is 9.10. The molecule has 2 heterocycles. The van der Waals surface area contributed by atoms with Crippen molar-refractivity contribution in [3.05, 3.63) is 28.5 Å². The third-order valence-corrected chi connectivity index (χ3v) is 3.99. The third-order valence-electron chi connectivity index (χ3n) is 3.56. The van der Waals surface area contributed by atoms with Crippen LogP contribution < -0.4 is 5.32 Å². The fourth-order valence-corrected chi connectivity index (χ4v) is 3.10. The summed E-state index contributed by atoms with van der Waals surface area (Å²) in [6.45, 7) is 4.09. The number of pyridine rings is 1. The van der Waals surface area contributed by atoms with E-state index in [9.17, 15) is 0 Å². The standard InChI is InChI=1S/C15H23BrN2O/c1-2-18-14(9-15-5-3-4-6-19-15)8-12-7-13(16)11-17-10-12/h7,10-11,14-15,18H,2-6,8-9H2,1H3. The van der Waals surface area contributed by atoms with Gasteiger partial charge in [0.25, 0.3) is 0 Å². The molecule has 1 saturated heterocycles. The minimum Gasteiger partial charge on any atom is -0.378 e. The smallest absolute Gasteiger partial charge is 0.0590 e. The molecule has 1 aliphatic rings. The van der Waals surface area contributed by atoms with E-state index < -0.39 is 0 Å². The molecule has 1 aromatic rings. The molecule has 2 atom stereocenters. The molecule has 4 heteroatoms. The van der Waals surface area contributed by atoms with Crippen LogP contribution in [-0.2, 0) is 11.2 Å². The first-order valence-electron chi connectivity index (χ1n) is 7.22. The first-order valence-corrected chi connectivity index (χ1v) is 8.01. The second kappa shape index (κ2) is 7.98. The summed E-state index contributed by atoms with van der Waals surface area (Å²) < 4.78 is 6.90. The Morgan fingerprint density at radius 3 is 3.05 bits per heavy atom. The SMILES string of the molecule is CCNC(Cc1cncc(Br)c1)CC1CCCCO1. The second-order valence-corrected chi connectivity index (χ2v) is 6.11. The summed E-state index contributed by atoms with van der Waals surface area (Å²) in [5, 5.41) is 3.57. The fraction of sp³-hybridized carbons (Fsp3) is 0.667. The number of hydrogen-bond donors (Lipinski definition) is 1. The van der Waals surface area contributed by atoms with Gasteiger partial charge < -0.3 is 10.1 Å². The zero-order chi connectivity index (χ0) is 13.5. The molecule has 0 saturated carbocycles. The van der Waals surface area contributed by atoms with Crippen LogP contribution in [0, 0.1) is 0 Å². The molecule has 0 aliphatic carbocycles. The van der Waals surface area contributed by atoms with Gasteiger partial charge in [-0.25, -0.2) is 0 Å². The average molecular weight is 327 g/mol. The Kier molecular flexibility index (Phi) is 6.28. The van der Waals surface area contributed by atoms with Gasteiger partial charge in [0.15, 0.2) is 0 Å². The molecule has 0 radical (unpaired) electrons. The molecule has 0 bridgehead atoms. The van der Waals surface area contributed by atoms with Crippen molar-refractivity contribution in [3.63, 3.8) is 0 Å². The van der Waals surface area contributed by atoms with E-state index >= 15 is 0 Å². The Hall–Kier alpha value is -0.450. The predicted octanol–water partition coefficient (Wildman–Crippen LogP) is 3.32. The Morgan fingerprint density at radius 2 is 2.37 bits per heavy atom. The number of aromatic nitrogens is 1. The zero-order valence-corrected chi connectivity index (χ0v) is 13.2. The predicted molar refractivity (Wildman–Crippen MR) is 81.3 cm³/mol. The summed E-state index contributed by atoms with van der Waals surface area (Å²) in [7, 11) is 0. The van der Waals surface area contributed by atoms with E-state index in [0.29, 0.717) is 12.1 Å². The number of ether oxygens (including phenoxy) is 1. The van der Waals surface area contributed by atoms with Gasteiger partial charge in [-0.15, -0.1) is 0 Å². The van der Waals surface area contributed by atoms with Gasteiger partial charge in [-0.2, -0.15) is 0 Å². The number of nitrogens with one attached hydrogen (secondary N) is 1. The number of rotatable bonds is 6. The Bertz CT molecular complexity index is 380. The van der Waals surface area contributed by atoms with E-state index in [1.807, 2.05) is 12.4 Å². The molecule has 106 valence electrons. The Labute approximate surface area is 124 Å². The number of hydrogen-bond acceptors (Lipinski definition) is 3. The maximum atomic E-state index is 5.85. The highest BCUT2D eigenvalue weighted by Gasteiger charge is 2.19. The first-order chi connectivity index (χ1) is 9.28. The lowest BCUT2D eigenvalue weighted by Crippen LogP contribution is -2.36. The monoisotopic (exact) mass is 326 g/mol. The topological polar surface area (TPSA) is 34.2 Å². The van der Waals surface area contributed by atoms with Crippen molar-refractivity contribution >= 4 is 15.9 Å². The van der Waals surface area contributed by atoms with Crippen LogP contribution in [0.5, 0.6) is 0 Å². The minimum atomic E-state index is 0.429. The van der Waals surface area contributed by atoms with Crippen molar-refractivity contribution < 1.29 is 4.74 Å². The van der Waals surface area contributed by atoms with E-state index in [1.165, 1.54) is 24.8 Å². The molecule has 2 unspecified atom stereocenters. The molecule has 1 N–H and O–H groups in total. The van der Waals surface area contributed by atoms with E-state index in [4.69, 9.17) is 4.74 Å². The van der Waals surface area contributed by atoms with Gasteiger partial charge in [0.2, 0.25) is 0 Å². The highest BCUT2D eigenvalue weighted by atomic mass is 79.9. The lowest BCUT2D eigenvalue weighted by atomic mass is 9.97. The minimum absolute atomic E-state index is 0.429. The van der Waals surface area contributed by atoms with E-state index in [1.54, 1.807) is 0 Å². The van der Waals surface area contributed by atoms with Crippen molar-refractivity contribution in [1.82, 2.24) is 10.3 Å². The van der Waals surface area contributed by atoms with Crippen LogP contribution in [0.3, 0.4) is 0 Å². The van der Waals surface area contributed by atoms with Crippen molar-refractivity contribution in [2.75, 3.05) is 13.2 Å². The third kappa shape index (κ3) is 5.21. The van der Waals surface area contributed by atoms with Crippen LogP contribution in [0.4, 0.5) is 0 Å². The van der Waals surface area contributed by atoms with Gasteiger partial charge in [-0.05, 0) is 66.2 Å². The van der Waals surface area contributed by atoms with Crippen LogP contribution in [0.1, 0.15) is 38.2 Å². The van der Waals surface area contributed by atoms with Crippen LogP contribution in [0.15, 0.2) is 22.9 Å². The lowest BCUT2D eigenvalue weighted by Gasteiger charge is -2.27. The van der Waals surface area contributed by atoms with E-state index in [2.05, 4.69) is 39.2 Å². The normalized spacial score (nSPS) is 21.3. The Morgan fingerprint density at radius 1 is 1.47 bits per heavy atom. The maximum absolute atomic E-state index is 5.85. The second-order valence-electron chi connectivity index (χ2n) is 5.19. The van der Waals surface area contributed by atoms with Gasteiger partial charge in [0, 0.05) is 29.5 Å². The molecule has 2 rings (SSSR count). The summed E-state index contributed by atoms with van der Waals surface area (Å²) in [6.07, 6.45) is 10.1. The molecule has 3 nitrogen and oxygen atoms in total. The van der Waals surface area contributed by atoms with E-state index in [-0.39, 0.29) is 0 Å². The largest absolute Gasteiger partial charge is 0.378 e. The van der Waals surface area contributed by atoms with Crippen LogP contribution in [0.25, 0.3) is 0 Å². The van der Waals surface area contributed by atoms with Crippen LogP contribution in [-0.4, -0.2) is 30.3 Å². The van der Waals surface area contributed by atoms with Crippen molar-refractivity contribution in [1.29, 1.82) is 0 Å². The first kappa shape index (κ1) is 14.9. The Balaban J connectivity index is 1.91. The summed E-state index contributed by atoms with van der Waals surface area (Å²) in [5.41, 5.74) is 1.27. The molecular weight excluding hydrogens is 304 g/mol. The number of likely N-dealkylation sites (N-methyl/N-ethyl adjacent to an activating group) is 1. The fourth-order valence-electron chi connectivity index (χ4n) is 2.69. The van der Waals surface area contributed by atoms with Crippen molar-refractivity contribution in [3.8, 4) is 0 Å². The summed E-state index contributed by atoms with van der Waals surface area (Å²) in [5.74, 6) is 0. The zero-order valence-electron chi connectivity index (χ0n) is 11.6. The quantitative estimate of drug-likeness (QED) is 0.870. The summed E-state index contributed by atoms with van der Waals surface area (Å²) >= 11 is 3.48. The molecule has 0 spiro atoms. The molecule has 0 aromatic carbocycles. The van der Waals surface area contributed by atoms with Gasteiger partial charge in [-0.1, -0.05) is 6.92 Å². The molecule has 0 amide bonds. The molecule has 1 fully saturated rings. The molecular formula is C15H23BrN2O. The van der Waals surface area contributed by atoms with Gasteiger partial charge in [0.1, 0.15) is 0 Å². The molecule has 1 aliphatic heterocycles. The van der Waals surface area contributed by atoms with Crippen molar-refractivity contribution in [2.24, 2.45) is 0 Å². The number of nitrogens with zero attached hydrogens (tertiary/aromatic N) is 1. The summed E-state index contributed by atoms with van der Waals surface area (Å²) in [6, 6.07) is 2.63. The van der Waals surface area contributed by atoms with Crippen LogP contribution in [0.2, 0.25) is 0 Å². The van der Waals surface area contributed by atoms with Gasteiger partial charge >= 0.3 is 0 Å². The molecule has 19 heavy (non-hydrogen) atoms. The summed E-state index contributed by atoms with van der Waals surface area (Å²) in [4.78, 5) is 4.24. The average Bonchev–Trinajstić information content (AvgIpc) is 2.40. The molecule has 1 aromatic heterocycles. The van der Waals surface area contributed by atoms with Crippen molar-refractivity contribution in [2.45, 2.75) is 51.2 Å². The number of halogens is 1.